The Morgan fingerprint density at radius 3 is 2.42 bits per heavy atom. The molecule has 1 N–H and O–H groups in total. The van der Waals surface area contributed by atoms with Gasteiger partial charge in [0.15, 0.2) is 0 Å². The lowest BCUT2D eigenvalue weighted by Crippen LogP contribution is -2.11. The van der Waals surface area contributed by atoms with E-state index in [2.05, 4.69) is 38.2 Å². The van der Waals surface area contributed by atoms with Crippen LogP contribution in [0.25, 0.3) is 22.3 Å². The van der Waals surface area contributed by atoms with E-state index in [9.17, 15) is 9.36 Å². The molecule has 1 amide bonds. The summed E-state index contributed by atoms with van der Waals surface area (Å²) in [5.74, 6) is 0.610. The molecule has 0 bridgehead atoms. The average molecular weight is 460 g/mol. The molecular weight excluding hydrogens is 429 g/mol. The van der Waals surface area contributed by atoms with Gasteiger partial charge in [0, 0.05) is 34.0 Å². The minimum absolute atomic E-state index is 0.173. The standard InChI is InChI=1S/C28H30NO3P/c1-4-5-20(3)33(31)18-21-8-13-25(14-9-21)29-28(30)23-12-15-26-24(16-23)17-27(32-26)22-10-6-19(2)7-11-22/h6-17,20,33H,4-5,18H2,1-3H3,(H,29,30). The van der Waals surface area contributed by atoms with Crippen LogP contribution < -0.4 is 5.32 Å². The van der Waals surface area contributed by atoms with E-state index in [1.807, 2.05) is 54.6 Å². The largest absolute Gasteiger partial charge is 0.456 e. The molecule has 2 unspecified atom stereocenters. The van der Waals surface area contributed by atoms with Crippen LogP contribution in [-0.4, -0.2) is 11.6 Å². The number of amides is 1. The normalized spacial score (nSPS) is 13.1. The van der Waals surface area contributed by atoms with Crippen molar-refractivity contribution in [3.8, 4) is 11.3 Å². The fraction of sp³-hybridized carbons (Fsp3) is 0.250. The lowest BCUT2D eigenvalue weighted by Gasteiger charge is -2.11. The van der Waals surface area contributed by atoms with Gasteiger partial charge in [0.2, 0.25) is 0 Å². The van der Waals surface area contributed by atoms with Gasteiger partial charge >= 0.3 is 0 Å². The number of fused-ring (bicyclic) bond motifs is 1. The van der Waals surface area contributed by atoms with Crippen LogP contribution in [0.3, 0.4) is 0 Å². The summed E-state index contributed by atoms with van der Waals surface area (Å²) in [4.78, 5) is 12.8. The number of hydrogen-bond donors (Lipinski definition) is 1. The Hall–Kier alpha value is -3.10. The molecule has 5 heteroatoms. The van der Waals surface area contributed by atoms with Crippen LogP contribution >= 0.6 is 7.80 Å². The van der Waals surface area contributed by atoms with Crippen LogP contribution in [0, 0.1) is 6.92 Å². The van der Waals surface area contributed by atoms with Crippen LogP contribution in [0.1, 0.15) is 48.2 Å². The second kappa shape index (κ2) is 10.2. The highest BCUT2D eigenvalue weighted by atomic mass is 31.1. The molecule has 0 fully saturated rings. The molecule has 4 aromatic rings. The Balaban J connectivity index is 1.44. The number of aryl methyl sites for hydroxylation is 1. The Labute approximate surface area is 195 Å². The molecule has 0 radical (unpaired) electrons. The van der Waals surface area contributed by atoms with Crippen LogP contribution in [0.5, 0.6) is 0 Å². The molecule has 170 valence electrons. The van der Waals surface area contributed by atoms with E-state index < -0.39 is 7.80 Å². The first-order chi connectivity index (χ1) is 15.9. The summed E-state index contributed by atoms with van der Waals surface area (Å²) >= 11 is 0. The molecule has 0 aliphatic rings. The fourth-order valence-corrected chi connectivity index (χ4v) is 5.52. The number of rotatable bonds is 8. The van der Waals surface area contributed by atoms with Gasteiger partial charge in [-0.1, -0.05) is 62.2 Å². The molecule has 3 aromatic carbocycles. The summed E-state index contributed by atoms with van der Waals surface area (Å²) in [7, 11) is -1.65. The second-order valence-electron chi connectivity index (χ2n) is 8.71. The molecule has 1 heterocycles. The minimum Gasteiger partial charge on any atom is -0.456 e. The highest BCUT2D eigenvalue weighted by Crippen LogP contribution is 2.35. The maximum absolute atomic E-state index is 12.8. The maximum atomic E-state index is 12.8. The molecular formula is C28H30NO3P. The molecule has 4 rings (SSSR count). The monoisotopic (exact) mass is 459 g/mol. The van der Waals surface area contributed by atoms with Gasteiger partial charge in [-0.15, -0.1) is 0 Å². The second-order valence-corrected chi connectivity index (χ2v) is 11.0. The quantitative estimate of drug-likeness (QED) is 0.272. The first kappa shape index (κ1) is 23.1. The van der Waals surface area contributed by atoms with E-state index in [1.165, 1.54) is 5.56 Å². The zero-order chi connectivity index (χ0) is 23.4. The van der Waals surface area contributed by atoms with E-state index >= 15 is 0 Å². The lowest BCUT2D eigenvalue weighted by atomic mass is 10.1. The van der Waals surface area contributed by atoms with E-state index in [0.29, 0.717) is 11.7 Å². The Kier molecular flexibility index (Phi) is 7.15. The highest BCUT2D eigenvalue weighted by molar-refractivity contribution is 7.44. The summed E-state index contributed by atoms with van der Waals surface area (Å²) in [6.07, 6.45) is 2.67. The number of hydrogen-bond acceptors (Lipinski definition) is 3. The summed E-state index contributed by atoms with van der Waals surface area (Å²) in [6.45, 7) is 6.24. The third kappa shape index (κ3) is 5.64. The SMILES string of the molecule is CCCC(C)[PH](=O)Cc1ccc(NC(=O)c2ccc3oc(-c4ccc(C)cc4)cc3c2)cc1. The zero-order valence-electron chi connectivity index (χ0n) is 19.4. The summed E-state index contributed by atoms with van der Waals surface area (Å²) < 4.78 is 18.4. The predicted octanol–water partition coefficient (Wildman–Crippen LogP) is 7.91. The highest BCUT2D eigenvalue weighted by Gasteiger charge is 2.13. The van der Waals surface area contributed by atoms with Crippen molar-refractivity contribution in [2.24, 2.45) is 0 Å². The van der Waals surface area contributed by atoms with E-state index in [-0.39, 0.29) is 11.6 Å². The molecule has 2 atom stereocenters. The van der Waals surface area contributed by atoms with Crippen molar-refractivity contribution in [1.29, 1.82) is 0 Å². The molecule has 0 aliphatic heterocycles. The van der Waals surface area contributed by atoms with Crippen LogP contribution in [0.15, 0.2) is 77.2 Å². The smallest absolute Gasteiger partial charge is 0.255 e. The molecule has 33 heavy (non-hydrogen) atoms. The lowest BCUT2D eigenvalue weighted by molar-refractivity contribution is 0.102. The van der Waals surface area contributed by atoms with Gasteiger partial charge in [0.05, 0.1) is 7.80 Å². The van der Waals surface area contributed by atoms with E-state index in [0.717, 1.165) is 46.4 Å². The number of benzene rings is 3. The summed E-state index contributed by atoms with van der Waals surface area (Å²) in [5.41, 5.74) is 5.56. The number of anilines is 1. The van der Waals surface area contributed by atoms with Crippen molar-refractivity contribution < 1.29 is 13.8 Å². The van der Waals surface area contributed by atoms with E-state index in [1.54, 1.807) is 6.07 Å². The van der Waals surface area contributed by atoms with Gasteiger partial charge < -0.3 is 14.3 Å². The zero-order valence-corrected chi connectivity index (χ0v) is 20.4. The predicted molar refractivity (Wildman–Crippen MR) is 138 cm³/mol. The topological polar surface area (TPSA) is 59.3 Å². The number of furan rings is 1. The third-order valence-electron chi connectivity index (χ3n) is 5.98. The van der Waals surface area contributed by atoms with Gasteiger partial charge in [-0.3, -0.25) is 4.79 Å². The van der Waals surface area contributed by atoms with Crippen molar-refractivity contribution in [2.45, 2.75) is 45.4 Å². The fourth-order valence-electron chi connectivity index (χ4n) is 3.92. The van der Waals surface area contributed by atoms with Crippen molar-refractivity contribution in [1.82, 2.24) is 0 Å². The first-order valence-electron chi connectivity index (χ1n) is 11.5. The van der Waals surface area contributed by atoms with Crippen molar-refractivity contribution in [3.63, 3.8) is 0 Å². The first-order valence-corrected chi connectivity index (χ1v) is 13.2. The number of carbonyl (C=O) groups excluding carboxylic acids is 1. The molecule has 1 aromatic heterocycles. The third-order valence-corrected chi connectivity index (χ3v) is 8.12. The molecule has 4 nitrogen and oxygen atoms in total. The van der Waals surface area contributed by atoms with Gasteiger partial charge in [0.1, 0.15) is 11.3 Å². The minimum atomic E-state index is -1.65. The Morgan fingerprint density at radius 2 is 1.73 bits per heavy atom. The van der Waals surface area contributed by atoms with Crippen molar-refractivity contribution in [2.75, 3.05) is 5.32 Å². The molecule has 0 saturated heterocycles. The molecule has 0 spiro atoms. The van der Waals surface area contributed by atoms with Gasteiger partial charge in [0.25, 0.3) is 5.91 Å². The molecule has 0 aliphatic carbocycles. The summed E-state index contributed by atoms with van der Waals surface area (Å²) in [5, 5.41) is 3.84. The summed E-state index contributed by atoms with van der Waals surface area (Å²) in [6, 6.07) is 23.2. The van der Waals surface area contributed by atoms with Gasteiger partial charge in [-0.05, 0) is 55.3 Å². The maximum Gasteiger partial charge on any atom is 0.255 e. The number of carbonyl (C=O) groups is 1. The van der Waals surface area contributed by atoms with Gasteiger partial charge in [-0.2, -0.15) is 0 Å². The van der Waals surface area contributed by atoms with Crippen molar-refractivity contribution in [3.05, 3.63) is 89.5 Å². The van der Waals surface area contributed by atoms with Crippen molar-refractivity contribution >= 4 is 30.4 Å². The number of nitrogens with one attached hydrogen (secondary N) is 1. The Morgan fingerprint density at radius 1 is 1.00 bits per heavy atom. The van der Waals surface area contributed by atoms with Crippen LogP contribution in [0.4, 0.5) is 5.69 Å². The van der Waals surface area contributed by atoms with E-state index in [4.69, 9.17) is 4.42 Å². The molecule has 0 saturated carbocycles. The van der Waals surface area contributed by atoms with Crippen LogP contribution in [-0.2, 0) is 10.7 Å². The Bertz CT molecular complexity index is 1270. The van der Waals surface area contributed by atoms with Gasteiger partial charge in [-0.25, -0.2) is 0 Å². The average Bonchev–Trinajstić information content (AvgIpc) is 3.24. The van der Waals surface area contributed by atoms with Crippen LogP contribution in [0.2, 0.25) is 0 Å².